The lowest BCUT2D eigenvalue weighted by atomic mass is 10.1. The Balaban J connectivity index is 1.75. The van der Waals surface area contributed by atoms with E-state index < -0.39 is 33.9 Å². The first kappa shape index (κ1) is 22.4. The topological polar surface area (TPSA) is 136 Å². The van der Waals surface area contributed by atoms with Crippen LogP contribution in [-0.2, 0) is 27.8 Å². The Morgan fingerprint density at radius 3 is 2.67 bits per heavy atom. The molecule has 0 spiro atoms. The van der Waals surface area contributed by atoms with Crippen molar-refractivity contribution >= 4 is 37.7 Å². The average molecular weight is 473 g/mol. The molecule has 2 aromatic heterocycles. The highest BCUT2D eigenvalue weighted by Crippen LogP contribution is 2.24. The van der Waals surface area contributed by atoms with Crippen molar-refractivity contribution in [1.29, 1.82) is 0 Å². The number of carbonyl (C=O) groups is 1. The Morgan fingerprint density at radius 2 is 1.97 bits per heavy atom. The molecule has 1 amide bonds. The second-order valence-corrected chi connectivity index (χ2v) is 9.09. The summed E-state index contributed by atoms with van der Waals surface area (Å²) in [7, 11) is -3.78. The molecular weight excluding hydrogens is 453 g/mol. The predicted octanol–water partition coefficient (Wildman–Crippen LogP) is 1.48. The number of carbonyl (C=O) groups excluding carboxylic acids is 1. The van der Waals surface area contributed by atoms with Crippen LogP contribution in [0.15, 0.2) is 41.2 Å². The van der Waals surface area contributed by atoms with Gasteiger partial charge in [-0.25, -0.2) is 22.5 Å². The van der Waals surface area contributed by atoms with E-state index in [0.717, 1.165) is 10.9 Å². The zero-order valence-corrected chi connectivity index (χ0v) is 18.6. The van der Waals surface area contributed by atoms with Gasteiger partial charge in [-0.3, -0.25) is 14.3 Å². The number of nitrogens with zero attached hydrogens (tertiary/aromatic N) is 3. The number of aromatic amines is 1. The molecule has 4 rings (SSSR count). The van der Waals surface area contributed by atoms with Crippen LogP contribution >= 0.6 is 0 Å². The molecule has 0 atom stereocenters. The summed E-state index contributed by atoms with van der Waals surface area (Å²) in [5, 5.41) is 5.16. The van der Waals surface area contributed by atoms with Crippen molar-refractivity contribution in [3.05, 3.63) is 64.1 Å². The fraction of sp³-hybridized carbons (Fsp3) is 0.238. The van der Waals surface area contributed by atoms with Gasteiger partial charge in [-0.1, -0.05) is 18.2 Å². The quantitative estimate of drug-likeness (QED) is 0.415. The smallest absolute Gasteiger partial charge is 0.275 e. The van der Waals surface area contributed by atoms with Gasteiger partial charge in [-0.05, 0) is 13.0 Å². The van der Waals surface area contributed by atoms with Gasteiger partial charge in [-0.2, -0.15) is 5.10 Å². The van der Waals surface area contributed by atoms with Gasteiger partial charge in [0.25, 0.3) is 11.5 Å². The number of amides is 1. The minimum absolute atomic E-state index is 0.106. The van der Waals surface area contributed by atoms with E-state index >= 15 is 0 Å². The Hall–Kier alpha value is -3.80. The van der Waals surface area contributed by atoms with Crippen LogP contribution in [-0.4, -0.2) is 46.9 Å². The maximum absolute atomic E-state index is 14.2. The van der Waals surface area contributed by atoms with Crippen LogP contribution < -0.4 is 15.0 Å². The Kier molecular flexibility index (Phi) is 5.85. The standard InChI is InChI=1S/C21H20FN5O5S/c1-3-32-18-9-17-16(8-14(18)22)23-19(24-17)10-15-12-6-4-5-7-13(12)21(29)27(25-15)11-20(28)26-33(2,30)31/h4-9H,3,10-11H2,1-2H3,(H,23,24)(H,26,28). The molecule has 0 fully saturated rings. The molecule has 0 bridgehead atoms. The van der Waals surface area contributed by atoms with Gasteiger partial charge in [0, 0.05) is 17.5 Å². The van der Waals surface area contributed by atoms with Crippen LogP contribution in [0.5, 0.6) is 5.75 Å². The van der Waals surface area contributed by atoms with E-state index in [4.69, 9.17) is 4.74 Å². The lowest BCUT2D eigenvalue weighted by Crippen LogP contribution is -2.36. The number of imidazole rings is 1. The van der Waals surface area contributed by atoms with Crippen molar-refractivity contribution in [1.82, 2.24) is 24.5 Å². The number of nitrogens with one attached hydrogen (secondary N) is 2. The van der Waals surface area contributed by atoms with Crippen LogP contribution in [0, 0.1) is 5.82 Å². The van der Waals surface area contributed by atoms with Gasteiger partial charge in [0.1, 0.15) is 12.4 Å². The van der Waals surface area contributed by atoms with Gasteiger partial charge in [0.15, 0.2) is 11.6 Å². The number of benzene rings is 2. The molecule has 4 aromatic rings. The normalized spacial score (nSPS) is 11.7. The van der Waals surface area contributed by atoms with E-state index in [-0.39, 0.29) is 12.2 Å². The van der Waals surface area contributed by atoms with Gasteiger partial charge in [-0.15, -0.1) is 0 Å². The highest BCUT2D eigenvalue weighted by molar-refractivity contribution is 7.89. The van der Waals surface area contributed by atoms with E-state index in [0.29, 0.717) is 39.9 Å². The summed E-state index contributed by atoms with van der Waals surface area (Å²) in [6, 6.07) is 9.52. The molecule has 2 heterocycles. The number of rotatable bonds is 7. The highest BCUT2D eigenvalue weighted by atomic mass is 32.2. The van der Waals surface area contributed by atoms with Crippen molar-refractivity contribution in [3.63, 3.8) is 0 Å². The molecule has 0 unspecified atom stereocenters. The molecule has 0 aliphatic carbocycles. The number of hydrogen-bond acceptors (Lipinski definition) is 7. The van der Waals surface area contributed by atoms with Gasteiger partial charge in [0.2, 0.25) is 10.0 Å². The third-order valence-corrected chi connectivity index (χ3v) is 5.35. The molecule has 0 aliphatic heterocycles. The Morgan fingerprint density at radius 1 is 1.24 bits per heavy atom. The number of halogens is 1. The van der Waals surface area contributed by atoms with Gasteiger partial charge < -0.3 is 9.72 Å². The van der Waals surface area contributed by atoms with Crippen molar-refractivity contribution in [2.45, 2.75) is 19.9 Å². The highest BCUT2D eigenvalue weighted by Gasteiger charge is 2.17. The third kappa shape index (κ3) is 4.85. The van der Waals surface area contributed by atoms with E-state index in [9.17, 15) is 22.4 Å². The molecule has 0 aliphatic rings. The summed E-state index contributed by atoms with van der Waals surface area (Å²) < 4.78 is 44.8. The number of aromatic nitrogens is 4. The van der Waals surface area contributed by atoms with Gasteiger partial charge in [0.05, 0.1) is 41.4 Å². The number of hydrogen-bond donors (Lipinski definition) is 2. The molecule has 12 heteroatoms. The lowest BCUT2D eigenvalue weighted by Gasteiger charge is -2.10. The first-order valence-corrected chi connectivity index (χ1v) is 11.8. The van der Waals surface area contributed by atoms with Crippen LogP contribution in [0.4, 0.5) is 4.39 Å². The molecule has 0 saturated heterocycles. The molecule has 2 aromatic carbocycles. The summed E-state index contributed by atoms with van der Waals surface area (Å²) in [5.41, 5.74) is 0.865. The molecule has 33 heavy (non-hydrogen) atoms. The second-order valence-electron chi connectivity index (χ2n) is 7.35. The maximum atomic E-state index is 14.2. The van der Waals surface area contributed by atoms with Crippen LogP contribution in [0.25, 0.3) is 21.8 Å². The Bertz CT molecular complexity index is 1540. The van der Waals surface area contributed by atoms with Crippen LogP contribution in [0.2, 0.25) is 0 Å². The van der Waals surface area contributed by atoms with Crippen LogP contribution in [0.3, 0.4) is 0 Å². The summed E-state index contributed by atoms with van der Waals surface area (Å²) in [5.74, 6) is -0.858. The molecule has 10 nitrogen and oxygen atoms in total. The zero-order valence-electron chi connectivity index (χ0n) is 17.8. The third-order valence-electron chi connectivity index (χ3n) is 4.76. The zero-order chi connectivity index (χ0) is 23.8. The van der Waals surface area contributed by atoms with E-state index in [1.807, 2.05) is 4.72 Å². The minimum Gasteiger partial charge on any atom is -0.491 e. The monoisotopic (exact) mass is 473 g/mol. The van der Waals surface area contributed by atoms with Crippen molar-refractivity contribution < 1.29 is 22.3 Å². The fourth-order valence-corrected chi connectivity index (χ4v) is 3.97. The maximum Gasteiger partial charge on any atom is 0.275 e. The molecule has 0 radical (unpaired) electrons. The number of sulfonamides is 1. The first-order valence-electron chi connectivity index (χ1n) is 9.95. The van der Waals surface area contributed by atoms with Crippen molar-refractivity contribution in [2.75, 3.05) is 12.9 Å². The molecule has 0 saturated carbocycles. The van der Waals surface area contributed by atoms with Crippen molar-refractivity contribution in [2.24, 2.45) is 0 Å². The summed E-state index contributed by atoms with van der Waals surface area (Å²) >= 11 is 0. The average Bonchev–Trinajstić information content (AvgIpc) is 3.11. The lowest BCUT2D eigenvalue weighted by molar-refractivity contribution is -0.120. The number of fused-ring (bicyclic) bond motifs is 2. The Labute approximate surface area is 187 Å². The summed E-state index contributed by atoms with van der Waals surface area (Å²) in [4.78, 5) is 32.4. The minimum atomic E-state index is -3.78. The van der Waals surface area contributed by atoms with Crippen molar-refractivity contribution in [3.8, 4) is 5.75 Å². The summed E-state index contributed by atoms with van der Waals surface area (Å²) in [6.45, 7) is 1.49. The predicted molar refractivity (Wildman–Crippen MR) is 119 cm³/mol. The fourth-order valence-electron chi connectivity index (χ4n) is 3.49. The molecule has 2 N–H and O–H groups in total. The van der Waals surface area contributed by atoms with E-state index in [1.54, 1.807) is 31.2 Å². The second kappa shape index (κ2) is 8.62. The van der Waals surface area contributed by atoms with Gasteiger partial charge >= 0.3 is 0 Å². The van der Waals surface area contributed by atoms with Crippen LogP contribution in [0.1, 0.15) is 18.4 Å². The summed E-state index contributed by atoms with van der Waals surface area (Å²) in [6.07, 6.45) is 0.989. The molecule has 172 valence electrons. The van der Waals surface area contributed by atoms with E-state index in [2.05, 4.69) is 15.1 Å². The van der Waals surface area contributed by atoms with E-state index in [1.165, 1.54) is 12.1 Å². The number of ether oxygens (including phenoxy) is 1. The first-order chi connectivity index (χ1) is 15.6. The molecular formula is C21H20FN5O5S. The SMILES string of the molecule is CCOc1cc2[nH]c(Cc3nn(CC(=O)NS(C)(=O)=O)c(=O)c4ccccc34)nc2cc1F. The largest absolute Gasteiger partial charge is 0.491 e. The number of H-pyrrole nitrogens is 1.